The largest absolute Gasteiger partial charge is 0.340 e. The van der Waals surface area contributed by atoms with Crippen LogP contribution in [0, 0.1) is 5.41 Å². The maximum absolute atomic E-state index is 12.2. The molecule has 96 valence electrons. The minimum atomic E-state index is 0.117. The van der Waals surface area contributed by atoms with Crippen LogP contribution in [0.25, 0.3) is 0 Å². The van der Waals surface area contributed by atoms with Crippen LogP contribution in [0.15, 0.2) is 0 Å². The normalized spacial score (nSPS) is 32.2. The molecule has 0 unspecified atom stereocenters. The summed E-state index contributed by atoms with van der Waals surface area (Å²) in [6.07, 6.45) is 6.08. The molecule has 1 amide bonds. The lowest BCUT2D eigenvalue weighted by atomic mass is 9.76. The van der Waals surface area contributed by atoms with E-state index in [0.717, 1.165) is 45.6 Å². The Morgan fingerprint density at radius 3 is 2.82 bits per heavy atom. The van der Waals surface area contributed by atoms with Gasteiger partial charge in [0.25, 0.3) is 0 Å². The average molecular weight is 237 g/mol. The first kappa shape index (κ1) is 11.5. The zero-order valence-corrected chi connectivity index (χ0v) is 10.5. The highest BCUT2D eigenvalue weighted by atomic mass is 16.2. The van der Waals surface area contributed by atoms with Gasteiger partial charge in [0.1, 0.15) is 0 Å². The molecule has 17 heavy (non-hydrogen) atoms. The summed E-state index contributed by atoms with van der Waals surface area (Å²) in [6.45, 7) is 5.24. The molecule has 0 bridgehead atoms. The number of carbonyl (C=O) groups is 1. The van der Waals surface area contributed by atoms with Gasteiger partial charge in [0, 0.05) is 25.0 Å². The van der Waals surface area contributed by atoms with Gasteiger partial charge in [-0.2, -0.15) is 0 Å². The first-order valence-electron chi connectivity index (χ1n) is 7.02. The lowest BCUT2D eigenvalue weighted by molar-refractivity contribution is -0.145. The predicted molar refractivity (Wildman–Crippen MR) is 66.8 cm³/mol. The Labute approximate surface area is 103 Å². The van der Waals surface area contributed by atoms with Crippen LogP contribution in [0.1, 0.15) is 32.1 Å². The number of amides is 1. The first-order valence-corrected chi connectivity index (χ1v) is 7.02. The number of carbonyl (C=O) groups excluding carboxylic acids is 1. The number of rotatable bonds is 1. The summed E-state index contributed by atoms with van der Waals surface area (Å²) >= 11 is 0. The molecule has 1 spiro atoms. The molecule has 0 radical (unpaired) electrons. The maximum atomic E-state index is 12.2. The molecule has 0 aromatic carbocycles. The fourth-order valence-corrected chi connectivity index (χ4v) is 3.50. The number of likely N-dealkylation sites (tertiary alicyclic amines) is 1. The van der Waals surface area contributed by atoms with Gasteiger partial charge in [0.05, 0.1) is 6.04 Å². The van der Waals surface area contributed by atoms with E-state index in [1.54, 1.807) is 0 Å². The van der Waals surface area contributed by atoms with Crippen molar-refractivity contribution < 1.29 is 4.79 Å². The number of hydrogen-bond donors (Lipinski definition) is 2. The van der Waals surface area contributed by atoms with E-state index in [0.29, 0.717) is 11.3 Å². The van der Waals surface area contributed by atoms with E-state index in [2.05, 4.69) is 15.5 Å². The molecule has 3 aliphatic rings. The molecular weight excluding hydrogens is 214 g/mol. The quantitative estimate of drug-likeness (QED) is 0.691. The fraction of sp³-hybridized carbons (Fsp3) is 0.923. The van der Waals surface area contributed by atoms with Gasteiger partial charge in [0.15, 0.2) is 0 Å². The highest BCUT2D eigenvalue weighted by Crippen LogP contribution is 2.36. The van der Waals surface area contributed by atoms with E-state index in [4.69, 9.17) is 0 Å². The van der Waals surface area contributed by atoms with Crippen LogP contribution >= 0.6 is 0 Å². The second kappa shape index (κ2) is 4.58. The number of hydrogen-bond acceptors (Lipinski definition) is 3. The molecule has 3 heterocycles. The van der Waals surface area contributed by atoms with E-state index in [-0.39, 0.29) is 6.04 Å². The van der Waals surface area contributed by atoms with Gasteiger partial charge in [-0.25, -0.2) is 0 Å². The third-order valence-electron chi connectivity index (χ3n) is 4.53. The van der Waals surface area contributed by atoms with E-state index in [1.165, 1.54) is 19.3 Å². The zero-order valence-electron chi connectivity index (χ0n) is 10.5. The summed E-state index contributed by atoms with van der Waals surface area (Å²) in [4.78, 5) is 14.2. The van der Waals surface area contributed by atoms with Crippen LogP contribution in [0.2, 0.25) is 0 Å². The first-order chi connectivity index (χ1) is 8.29. The molecule has 0 saturated carbocycles. The van der Waals surface area contributed by atoms with Crippen LogP contribution in [-0.4, -0.2) is 49.6 Å². The molecule has 0 aliphatic carbocycles. The number of nitrogens with one attached hydrogen (secondary N) is 2. The summed E-state index contributed by atoms with van der Waals surface area (Å²) in [5.41, 5.74) is 0.408. The molecule has 0 aromatic rings. The Hall–Kier alpha value is -0.610. The third kappa shape index (κ3) is 2.20. The van der Waals surface area contributed by atoms with Crippen LogP contribution in [0.5, 0.6) is 0 Å². The molecule has 3 fully saturated rings. The minimum absolute atomic E-state index is 0.117. The molecule has 3 aliphatic heterocycles. The Morgan fingerprint density at radius 2 is 2.06 bits per heavy atom. The van der Waals surface area contributed by atoms with Gasteiger partial charge < -0.3 is 15.5 Å². The van der Waals surface area contributed by atoms with Crippen molar-refractivity contribution in [2.24, 2.45) is 5.41 Å². The number of nitrogens with zero attached hydrogens (tertiary/aromatic N) is 1. The van der Waals surface area contributed by atoms with Crippen LogP contribution in [0.3, 0.4) is 0 Å². The van der Waals surface area contributed by atoms with Gasteiger partial charge >= 0.3 is 0 Å². The molecule has 2 N–H and O–H groups in total. The van der Waals surface area contributed by atoms with Gasteiger partial charge in [-0.15, -0.1) is 0 Å². The highest BCUT2D eigenvalue weighted by Gasteiger charge is 2.46. The second-order valence-electron chi connectivity index (χ2n) is 5.98. The summed E-state index contributed by atoms with van der Waals surface area (Å²) in [5.74, 6) is 0.345. The van der Waals surface area contributed by atoms with Crippen LogP contribution in [0.4, 0.5) is 0 Å². The zero-order chi connectivity index (χ0) is 11.7. The molecule has 4 nitrogen and oxygen atoms in total. The lowest BCUT2D eigenvalue weighted by Crippen LogP contribution is -2.64. The Kier molecular flexibility index (Phi) is 3.09. The fourth-order valence-electron chi connectivity index (χ4n) is 3.50. The summed E-state index contributed by atoms with van der Waals surface area (Å²) in [6, 6.07) is 0.117. The Bertz CT molecular complexity index is 283. The van der Waals surface area contributed by atoms with Crippen molar-refractivity contribution in [1.82, 2.24) is 15.5 Å². The average Bonchev–Trinajstić information content (AvgIpc) is 2.70. The van der Waals surface area contributed by atoms with Crippen molar-refractivity contribution in [3.05, 3.63) is 0 Å². The summed E-state index contributed by atoms with van der Waals surface area (Å²) < 4.78 is 0. The minimum Gasteiger partial charge on any atom is -0.340 e. The van der Waals surface area contributed by atoms with E-state index >= 15 is 0 Å². The highest BCUT2D eigenvalue weighted by molar-refractivity contribution is 5.83. The van der Waals surface area contributed by atoms with E-state index in [1.807, 2.05) is 0 Å². The van der Waals surface area contributed by atoms with Crippen molar-refractivity contribution >= 4 is 5.91 Å². The standard InChI is InChI=1S/C13H23N3O/c17-12(11-4-3-7-15-11)16-9-13(10-16)5-1-2-6-14-8-13/h11,14-15H,1-10H2/t11-/m0/s1. The molecule has 4 heteroatoms. The monoisotopic (exact) mass is 237 g/mol. The lowest BCUT2D eigenvalue weighted by Gasteiger charge is -2.50. The molecule has 3 rings (SSSR count). The van der Waals surface area contributed by atoms with Gasteiger partial charge in [-0.3, -0.25) is 4.79 Å². The van der Waals surface area contributed by atoms with Crippen LogP contribution in [-0.2, 0) is 4.79 Å². The third-order valence-corrected chi connectivity index (χ3v) is 4.53. The van der Waals surface area contributed by atoms with Crippen LogP contribution < -0.4 is 10.6 Å². The van der Waals surface area contributed by atoms with Gasteiger partial charge in [-0.05, 0) is 38.8 Å². The Balaban J connectivity index is 1.54. The summed E-state index contributed by atoms with van der Waals surface area (Å²) in [7, 11) is 0. The molecule has 0 aromatic heterocycles. The van der Waals surface area contributed by atoms with Gasteiger partial charge in [-0.1, -0.05) is 6.42 Å². The topological polar surface area (TPSA) is 44.4 Å². The molecular formula is C13H23N3O. The van der Waals surface area contributed by atoms with Crippen molar-refractivity contribution in [2.45, 2.75) is 38.1 Å². The van der Waals surface area contributed by atoms with Crippen molar-refractivity contribution in [3.63, 3.8) is 0 Å². The summed E-state index contributed by atoms with van der Waals surface area (Å²) in [5, 5.41) is 6.82. The van der Waals surface area contributed by atoms with Crippen molar-refractivity contribution in [2.75, 3.05) is 32.7 Å². The smallest absolute Gasteiger partial charge is 0.239 e. The van der Waals surface area contributed by atoms with E-state index < -0.39 is 0 Å². The predicted octanol–water partition coefficient (Wildman–Crippen LogP) is 0.341. The van der Waals surface area contributed by atoms with Crippen molar-refractivity contribution in [1.29, 1.82) is 0 Å². The van der Waals surface area contributed by atoms with E-state index in [9.17, 15) is 4.79 Å². The second-order valence-corrected chi connectivity index (χ2v) is 5.98. The SMILES string of the molecule is O=C([C@@H]1CCCN1)N1CC2(CCCCNC2)C1. The Morgan fingerprint density at radius 1 is 1.18 bits per heavy atom. The van der Waals surface area contributed by atoms with Gasteiger partial charge in [0.2, 0.25) is 5.91 Å². The molecule has 3 saturated heterocycles. The van der Waals surface area contributed by atoms with Crippen molar-refractivity contribution in [3.8, 4) is 0 Å². The molecule has 1 atom stereocenters. The maximum Gasteiger partial charge on any atom is 0.239 e.